The summed E-state index contributed by atoms with van der Waals surface area (Å²) >= 11 is 0. The molecule has 2 fully saturated rings. The molecule has 1 aliphatic carbocycles. The van der Waals surface area contributed by atoms with Crippen LogP contribution < -0.4 is 5.32 Å². The van der Waals surface area contributed by atoms with Gasteiger partial charge in [0, 0.05) is 12.6 Å². The fraction of sp³-hybridized carbons (Fsp3) is 0.846. The topological polar surface area (TPSA) is 69.6 Å². The Morgan fingerprint density at radius 1 is 1.39 bits per heavy atom. The Labute approximate surface area is 108 Å². The largest absolute Gasteiger partial charge is 0.481 e. The molecule has 2 N–H and O–H groups in total. The van der Waals surface area contributed by atoms with Crippen molar-refractivity contribution in [2.75, 3.05) is 19.6 Å². The molecule has 1 saturated heterocycles. The molecule has 1 heterocycles. The van der Waals surface area contributed by atoms with Crippen LogP contribution in [0.2, 0.25) is 0 Å². The average molecular weight is 254 g/mol. The zero-order chi connectivity index (χ0) is 13.2. The van der Waals surface area contributed by atoms with Crippen molar-refractivity contribution in [3.8, 4) is 0 Å². The van der Waals surface area contributed by atoms with Crippen molar-refractivity contribution in [2.45, 2.75) is 45.1 Å². The Kier molecular flexibility index (Phi) is 3.90. The second-order valence-corrected chi connectivity index (χ2v) is 5.88. The molecule has 1 aliphatic heterocycles. The second-order valence-electron chi connectivity index (χ2n) is 5.88. The minimum Gasteiger partial charge on any atom is -0.481 e. The van der Waals surface area contributed by atoms with Gasteiger partial charge in [-0.1, -0.05) is 12.8 Å². The Morgan fingerprint density at radius 2 is 2.06 bits per heavy atom. The number of aliphatic carboxylic acids is 1. The number of hydrogen-bond donors (Lipinski definition) is 2. The van der Waals surface area contributed by atoms with Gasteiger partial charge in [0.1, 0.15) is 0 Å². The van der Waals surface area contributed by atoms with Crippen molar-refractivity contribution in [3.63, 3.8) is 0 Å². The molecule has 0 aromatic rings. The van der Waals surface area contributed by atoms with E-state index in [9.17, 15) is 9.59 Å². The lowest BCUT2D eigenvalue weighted by atomic mass is 9.90. The summed E-state index contributed by atoms with van der Waals surface area (Å²) in [5, 5.41) is 12.2. The molecule has 2 rings (SSSR count). The third-order valence-electron chi connectivity index (χ3n) is 4.16. The summed E-state index contributed by atoms with van der Waals surface area (Å²) in [6, 6.07) is 0.339. The van der Waals surface area contributed by atoms with E-state index in [1.165, 1.54) is 12.8 Å². The van der Waals surface area contributed by atoms with E-state index in [0.29, 0.717) is 32.1 Å². The predicted octanol–water partition coefficient (Wildman–Crippen LogP) is 0.842. The van der Waals surface area contributed by atoms with Crippen molar-refractivity contribution in [1.29, 1.82) is 0 Å². The van der Waals surface area contributed by atoms with Crippen LogP contribution in [0, 0.1) is 5.41 Å². The Hall–Kier alpha value is -1.10. The van der Waals surface area contributed by atoms with Gasteiger partial charge in [0.25, 0.3) is 0 Å². The van der Waals surface area contributed by atoms with Gasteiger partial charge in [0.15, 0.2) is 0 Å². The predicted molar refractivity (Wildman–Crippen MR) is 67.2 cm³/mol. The van der Waals surface area contributed by atoms with E-state index in [1.807, 2.05) is 4.90 Å². The van der Waals surface area contributed by atoms with Crippen LogP contribution >= 0.6 is 0 Å². The summed E-state index contributed by atoms with van der Waals surface area (Å²) in [5.74, 6) is -0.724. The van der Waals surface area contributed by atoms with Crippen LogP contribution in [0.15, 0.2) is 0 Å². The molecular formula is C13H22N2O3. The van der Waals surface area contributed by atoms with Crippen LogP contribution in [0.4, 0.5) is 0 Å². The molecule has 0 aromatic heterocycles. The maximum absolute atomic E-state index is 11.8. The molecule has 0 spiro atoms. The molecular weight excluding hydrogens is 232 g/mol. The zero-order valence-electron chi connectivity index (χ0n) is 10.9. The van der Waals surface area contributed by atoms with E-state index in [-0.39, 0.29) is 5.91 Å². The van der Waals surface area contributed by atoms with Gasteiger partial charge >= 0.3 is 5.97 Å². The van der Waals surface area contributed by atoms with Crippen LogP contribution in [-0.4, -0.2) is 47.6 Å². The number of nitrogens with one attached hydrogen (secondary N) is 1. The number of amides is 1. The molecule has 2 aliphatic rings. The van der Waals surface area contributed by atoms with E-state index < -0.39 is 11.4 Å². The van der Waals surface area contributed by atoms with Crippen LogP contribution in [0.3, 0.4) is 0 Å². The number of nitrogens with zero attached hydrogens (tertiary/aromatic N) is 1. The van der Waals surface area contributed by atoms with Crippen LogP contribution in [0.25, 0.3) is 0 Å². The highest BCUT2D eigenvalue weighted by Crippen LogP contribution is 2.29. The first-order valence-electron chi connectivity index (χ1n) is 6.75. The summed E-state index contributed by atoms with van der Waals surface area (Å²) in [6.07, 6.45) is 5.19. The fourth-order valence-electron chi connectivity index (χ4n) is 2.91. The third-order valence-corrected chi connectivity index (χ3v) is 4.16. The second kappa shape index (κ2) is 5.26. The SMILES string of the molecule is CC1(C(=O)O)CCN(CC(=O)NC2CCCC2)C1. The van der Waals surface area contributed by atoms with Crippen molar-refractivity contribution < 1.29 is 14.7 Å². The van der Waals surface area contributed by atoms with Gasteiger partial charge in [0.2, 0.25) is 5.91 Å². The van der Waals surface area contributed by atoms with Gasteiger partial charge in [-0.25, -0.2) is 0 Å². The quantitative estimate of drug-likeness (QED) is 0.780. The van der Waals surface area contributed by atoms with E-state index in [0.717, 1.165) is 12.8 Å². The van der Waals surface area contributed by atoms with Gasteiger partial charge in [-0.2, -0.15) is 0 Å². The molecule has 1 atom stereocenters. The van der Waals surface area contributed by atoms with Gasteiger partial charge in [0.05, 0.1) is 12.0 Å². The molecule has 0 radical (unpaired) electrons. The summed E-state index contributed by atoms with van der Waals surface area (Å²) in [6.45, 7) is 3.25. The normalized spacial score (nSPS) is 29.6. The first-order chi connectivity index (χ1) is 8.49. The van der Waals surface area contributed by atoms with Crippen LogP contribution in [0.5, 0.6) is 0 Å². The maximum atomic E-state index is 11.8. The zero-order valence-corrected chi connectivity index (χ0v) is 10.9. The summed E-state index contributed by atoms with van der Waals surface area (Å²) in [5.41, 5.74) is -0.687. The first kappa shape index (κ1) is 13.3. The summed E-state index contributed by atoms with van der Waals surface area (Å²) in [7, 11) is 0. The van der Waals surface area contributed by atoms with Crippen LogP contribution in [0.1, 0.15) is 39.0 Å². The average Bonchev–Trinajstić information content (AvgIpc) is 2.89. The highest BCUT2D eigenvalue weighted by Gasteiger charge is 2.40. The van der Waals surface area contributed by atoms with E-state index in [1.54, 1.807) is 6.92 Å². The molecule has 18 heavy (non-hydrogen) atoms. The number of rotatable bonds is 4. The molecule has 0 aromatic carbocycles. The number of carbonyl (C=O) groups is 2. The third kappa shape index (κ3) is 3.02. The minimum absolute atomic E-state index is 0.0385. The highest BCUT2D eigenvalue weighted by atomic mass is 16.4. The van der Waals surface area contributed by atoms with E-state index >= 15 is 0 Å². The maximum Gasteiger partial charge on any atom is 0.310 e. The monoisotopic (exact) mass is 254 g/mol. The fourth-order valence-corrected chi connectivity index (χ4v) is 2.91. The molecule has 1 amide bonds. The molecule has 5 heteroatoms. The van der Waals surface area contributed by atoms with Gasteiger partial charge < -0.3 is 10.4 Å². The van der Waals surface area contributed by atoms with Gasteiger partial charge in [-0.15, -0.1) is 0 Å². The Morgan fingerprint density at radius 3 is 2.61 bits per heavy atom. The minimum atomic E-state index is -0.763. The summed E-state index contributed by atoms with van der Waals surface area (Å²) in [4.78, 5) is 24.9. The van der Waals surface area contributed by atoms with Crippen LogP contribution in [-0.2, 0) is 9.59 Å². The van der Waals surface area contributed by atoms with E-state index in [2.05, 4.69) is 5.32 Å². The Bertz CT molecular complexity index is 339. The molecule has 1 unspecified atom stereocenters. The smallest absolute Gasteiger partial charge is 0.310 e. The standard InChI is InChI=1S/C13H22N2O3/c1-13(12(17)18)6-7-15(9-13)8-11(16)14-10-4-2-3-5-10/h10H,2-9H2,1H3,(H,14,16)(H,17,18). The number of carboxylic acids is 1. The summed E-state index contributed by atoms with van der Waals surface area (Å²) < 4.78 is 0. The van der Waals surface area contributed by atoms with E-state index in [4.69, 9.17) is 5.11 Å². The number of carbonyl (C=O) groups excluding carboxylic acids is 1. The number of likely N-dealkylation sites (tertiary alicyclic amines) is 1. The van der Waals surface area contributed by atoms with Crippen molar-refractivity contribution in [3.05, 3.63) is 0 Å². The number of carboxylic acid groups (broad SMARTS) is 1. The molecule has 0 bridgehead atoms. The van der Waals surface area contributed by atoms with Gasteiger partial charge in [-0.05, 0) is 32.7 Å². The molecule has 102 valence electrons. The first-order valence-corrected chi connectivity index (χ1v) is 6.75. The lowest BCUT2D eigenvalue weighted by Crippen LogP contribution is -2.41. The lowest BCUT2D eigenvalue weighted by Gasteiger charge is -2.20. The van der Waals surface area contributed by atoms with Gasteiger partial charge in [-0.3, -0.25) is 14.5 Å². The molecule has 5 nitrogen and oxygen atoms in total. The lowest BCUT2D eigenvalue weighted by molar-refractivity contribution is -0.147. The number of hydrogen-bond acceptors (Lipinski definition) is 3. The molecule has 1 saturated carbocycles. The highest BCUT2D eigenvalue weighted by molar-refractivity contribution is 5.79. The van der Waals surface area contributed by atoms with Crippen molar-refractivity contribution >= 4 is 11.9 Å². The Balaban J connectivity index is 1.77. The van der Waals surface area contributed by atoms with Crippen molar-refractivity contribution in [1.82, 2.24) is 10.2 Å². The van der Waals surface area contributed by atoms with Crippen molar-refractivity contribution in [2.24, 2.45) is 5.41 Å².